The molecule has 3 heterocycles. The Balaban J connectivity index is 1.42. The van der Waals surface area contributed by atoms with E-state index in [1.165, 1.54) is 10.7 Å². The van der Waals surface area contributed by atoms with Gasteiger partial charge >= 0.3 is 0 Å². The van der Waals surface area contributed by atoms with Gasteiger partial charge in [-0.1, -0.05) is 0 Å². The van der Waals surface area contributed by atoms with E-state index in [0.29, 0.717) is 25.2 Å². The van der Waals surface area contributed by atoms with Crippen molar-refractivity contribution in [1.29, 1.82) is 0 Å². The van der Waals surface area contributed by atoms with Gasteiger partial charge in [-0.2, -0.15) is 5.10 Å². The number of amides is 1. The van der Waals surface area contributed by atoms with Gasteiger partial charge in [-0.05, 0) is 31.2 Å². The number of imidazole rings is 1. The van der Waals surface area contributed by atoms with Crippen LogP contribution in [0.5, 0.6) is 0 Å². The molecule has 0 spiro atoms. The summed E-state index contributed by atoms with van der Waals surface area (Å²) in [5, 5.41) is 4.24. The Morgan fingerprint density at radius 2 is 2.12 bits per heavy atom. The summed E-state index contributed by atoms with van der Waals surface area (Å²) < 4.78 is 1.48. The van der Waals surface area contributed by atoms with E-state index >= 15 is 0 Å². The second kappa shape index (κ2) is 5.59. The maximum atomic E-state index is 12.5. The molecule has 122 valence electrons. The van der Waals surface area contributed by atoms with Crippen LogP contribution in [0.3, 0.4) is 0 Å². The number of fused-ring (bicyclic) bond motifs is 1. The highest BCUT2D eigenvalue weighted by atomic mass is 16.2. The average Bonchev–Trinajstić information content (AvgIpc) is 3.00. The number of aromatic nitrogens is 4. The fourth-order valence-corrected chi connectivity index (χ4v) is 3.03. The van der Waals surface area contributed by atoms with E-state index in [-0.39, 0.29) is 17.4 Å². The molecule has 7 nitrogen and oxygen atoms in total. The van der Waals surface area contributed by atoms with Crippen molar-refractivity contribution in [1.82, 2.24) is 24.6 Å². The Labute approximate surface area is 137 Å². The molecule has 0 bridgehead atoms. The van der Waals surface area contributed by atoms with Crippen LogP contribution >= 0.6 is 0 Å². The molecular formula is C17H17N5O2. The third-order valence-electron chi connectivity index (χ3n) is 4.34. The molecule has 0 atom stereocenters. The summed E-state index contributed by atoms with van der Waals surface area (Å²) in [7, 11) is 0. The van der Waals surface area contributed by atoms with Crippen LogP contribution in [0.15, 0.2) is 41.5 Å². The topological polar surface area (TPSA) is 83.9 Å². The van der Waals surface area contributed by atoms with E-state index in [2.05, 4.69) is 15.1 Å². The van der Waals surface area contributed by atoms with Crippen LogP contribution in [0.2, 0.25) is 0 Å². The first-order valence-electron chi connectivity index (χ1n) is 7.87. The molecule has 1 fully saturated rings. The van der Waals surface area contributed by atoms with Crippen molar-refractivity contribution in [3.63, 3.8) is 0 Å². The molecule has 1 aliphatic rings. The van der Waals surface area contributed by atoms with Gasteiger partial charge < -0.3 is 9.88 Å². The monoisotopic (exact) mass is 323 g/mol. The standard InChI is InChI=1S/C17H17N5O2/c1-11-2-5-16(23)22(20-11)9-12-7-21(8-12)17(24)13-3-4-14-15(6-13)19-10-18-14/h2-6,10,12H,7-9H2,1H3,(H,18,19). The second-order valence-electron chi connectivity index (χ2n) is 6.21. The van der Waals surface area contributed by atoms with Crippen molar-refractivity contribution in [2.75, 3.05) is 13.1 Å². The van der Waals surface area contributed by atoms with Gasteiger partial charge in [-0.3, -0.25) is 9.59 Å². The molecule has 4 rings (SSSR count). The van der Waals surface area contributed by atoms with Gasteiger partial charge in [0.1, 0.15) is 0 Å². The van der Waals surface area contributed by atoms with E-state index in [9.17, 15) is 9.59 Å². The van der Waals surface area contributed by atoms with Crippen LogP contribution in [-0.4, -0.2) is 43.6 Å². The molecule has 7 heteroatoms. The van der Waals surface area contributed by atoms with Crippen molar-refractivity contribution in [3.05, 3.63) is 58.3 Å². The quantitative estimate of drug-likeness (QED) is 0.785. The molecule has 1 amide bonds. The van der Waals surface area contributed by atoms with Gasteiger partial charge in [0, 0.05) is 30.6 Å². The lowest BCUT2D eigenvalue weighted by atomic mass is 9.98. The van der Waals surface area contributed by atoms with Gasteiger partial charge in [0.15, 0.2) is 0 Å². The number of rotatable bonds is 3. The highest BCUT2D eigenvalue weighted by molar-refractivity contribution is 5.97. The summed E-state index contributed by atoms with van der Waals surface area (Å²) in [4.78, 5) is 33.3. The molecule has 0 saturated carbocycles. The minimum Gasteiger partial charge on any atom is -0.345 e. The SMILES string of the molecule is Cc1ccc(=O)n(CC2CN(C(=O)c3ccc4nc[nH]c4c3)C2)n1. The van der Waals surface area contributed by atoms with E-state index in [4.69, 9.17) is 0 Å². The van der Waals surface area contributed by atoms with E-state index in [1.54, 1.807) is 23.4 Å². The number of aromatic amines is 1. The normalized spacial score (nSPS) is 14.8. The number of aryl methyl sites for hydroxylation is 1. The van der Waals surface area contributed by atoms with Crippen molar-refractivity contribution in [2.45, 2.75) is 13.5 Å². The summed E-state index contributed by atoms with van der Waals surface area (Å²) in [5.41, 5.74) is 3.06. The molecule has 1 N–H and O–H groups in total. The molecule has 3 aromatic rings. The molecule has 1 aliphatic heterocycles. The molecule has 2 aromatic heterocycles. The zero-order chi connectivity index (χ0) is 16.7. The van der Waals surface area contributed by atoms with Crippen molar-refractivity contribution in [3.8, 4) is 0 Å². The first-order valence-corrected chi connectivity index (χ1v) is 7.87. The number of nitrogens with one attached hydrogen (secondary N) is 1. The van der Waals surface area contributed by atoms with Crippen LogP contribution in [-0.2, 0) is 6.54 Å². The highest BCUT2D eigenvalue weighted by Gasteiger charge is 2.31. The van der Waals surface area contributed by atoms with Crippen LogP contribution in [0, 0.1) is 12.8 Å². The van der Waals surface area contributed by atoms with Crippen molar-refractivity contribution >= 4 is 16.9 Å². The number of H-pyrrole nitrogens is 1. The summed E-state index contributed by atoms with van der Waals surface area (Å²) >= 11 is 0. The molecule has 0 aliphatic carbocycles. The molecule has 24 heavy (non-hydrogen) atoms. The lowest BCUT2D eigenvalue weighted by Crippen LogP contribution is -2.52. The largest absolute Gasteiger partial charge is 0.345 e. The zero-order valence-electron chi connectivity index (χ0n) is 13.3. The summed E-state index contributed by atoms with van der Waals surface area (Å²) in [6.07, 6.45) is 1.62. The van der Waals surface area contributed by atoms with Crippen molar-refractivity contribution < 1.29 is 4.79 Å². The van der Waals surface area contributed by atoms with Gasteiger partial charge in [-0.25, -0.2) is 9.67 Å². The zero-order valence-corrected chi connectivity index (χ0v) is 13.3. The minimum atomic E-state index is -0.102. The van der Waals surface area contributed by atoms with Gasteiger partial charge in [-0.15, -0.1) is 0 Å². The Morgan fingerprint density at radius 3 is 2.96 bits per heavy atom. The Kier molecular flexibility index (Phi) is 3.41. The third kappa shape index (κ3) is 2.58. The third-order valence-corrected chi connectivity index (χ3v) is 4.34. The molecule has 0 radical (unpaired) electrons. The van der Waals surface area contributed by atoms with Crippen LogP contribution in [0.4, 0.5) is 0 Å². The number of carbonyl (C=O) groups is 1. The van der Waals surface area contributed by atoms with E-state index < -0.39 is 0 Å². The second-order valence-corrected chi connectivity index (χ2v) is 6.21. The van der Waals surface area contributed by atoms with Gasteiger partial charge in [0.05, 0.1) is 29.6 Å². The summed E-state index contributed by atoms with van der Waals surface area (Å²) in [6.45, 7) is 3.69. The molecular weight excluding hydrogens is 306 g/mol. The van der Waals surface area contributed by atoms with E-state index in [0.717, 1.165) is 16.7 Å². The number of hydrogen-bond donors (Lipinski definition) is 1. The van der Waals surface area contributed by atoms with Crippen molar-refractivity contribution in [2.24, 2.45) is 5.92 Å². The number of nitrogens with zero attached hydrogens (tertiary/aromatic N) is 4. The maximum absolute atomic E-state index is 12.5. The fraction of sp³-hybridized carbons (Fsp3) is 0.294. The highest BCUT2D eigenvalue weighted by Crippen LogP contribution is 2.21. The summed E-state index contributed by atoms with van der Waals surface area (Å²) in [6, 6.07) is 8.70. The summed E-state index contributed by atoms with van der Waals surface area (Å²) in [5.74, 6) is 0.268. The predicted octanol–water partition coefficient (Wildman–Crippen LogP) is 1.20. The Hall–Kier alpha value is -2.96. The Bertz CT molecular complexity index is 968. The van der Waals surface area contributed by atoms with Crippen LogP contribution in [0.25, 0.3) is 11.0 Å². The predicted molar refractivity (Wildman–Crippen MR) is 88.7 cm³/mol. The van der Waals surface area contributed by atoms with E-state index in [1.807, 2.05) is 19.1 Å². The first kappa shape index (κ1) is 14.6. The number of hydrogen-bond acceptors (Lipinski definition) is 4. The lowest BCUT2D eigenvalue weighted by molar-refractivity contribution is 0.0458. The number of likely N-dealkylation sites (tertiary alicyclic amines) is 1. The molecule has 1 saturated heterocycles. The smallest absolute Gasteiger partial charge is 0.266 e. The van der Waals surface area contributed by atoms with Crippen LogP contribution in [0.1, 0.15) is 16.1 Å². The lowest BCUT2D eigenvalue weighted by Gasteiger charge is -2.39. The maximum Gasteiger partial charge on any atom is 0.266 e. The average molecular weight is 323 g/mol. The Morgan fingerprint density at radius 1 is 1.29 bits per heavy atom. The van der Waals surface area contributed by atoms with Gasteiger partial charge in [0.25, 0.3) is 11.5 Å². The molecule has 0 unspecified atom stereocenters. The minimum absolute atomic E-state index is 0.00676. The van der Waals surface area contributed by atoms with Gasteiger partial charge in [0.2, 0.25) is 0 Å². The first-order chi connectivity index (χ1) is 11.6. The molecule has 1 aromatic carbocycles. The number of carbonyl (C=O) groups excluding carboxylic acids is 1. The van der Waals surface area contributed by atoms with Crippen LogP contribution < -0.4 is 5.56 Å². The fourth-order valence-electron chi connectivity index (χ4n) is 3.03. The number of benzene rings is 1.